The first-order chi connectivity index (χ1) is 13.9. The van der Waals surface area contributed by atoms with E-state index in [2.05, 4.69) is 5.32 Å². The van der Waals surface area contributed by atoms with Gasteiger partial charge in [0.1, 0.15) is 0 Å². The second kappa shape index (κ2) is 9.51. The molecule has 3 N–H and O–H groups in total. The number of carbonyl (C=O) groups excluding carboxylic acids is 1. The van der Waals surface area contributed by atoms with E-state index in [0.29, 0.717) is 18.9 Å². The molecule has 0 radical (unpaired) electrons. The van der Waals surface area contributed by atoms with Crippen molar-refractivity contribution >= 4 is 17.3 Å². The van der Waals surface area contributed by atoms with Gasteiger partial charge in [-0.1, -0.05) is 26.0 Å². The summed E-state index contributed by atoms with van der Waals surface area (Å²) in [6, 6.07) is 8.50. The predicted molar refractivity (Wildman–Crippen MR) is 116 cm³/mol. The summed E-state index contributed by atoms with van der Waals surface area (Å²) in [5.74, 6) is 0.120. The molecular formula is C23H30F3N3O. The van der Waals surface area contributed by atoms with Gasteiger partial charge < -0.3 is 16.0 Å². The van der Waals surface area contributed by atoms with Gasteiger partial charge in [-0.05, 0) is 67.1 Å². The Morgan fingerprint density at radius 1 is 1.10 bits per heavy atom. The number of benzene rings is 2. The Morgan fingerprint density at radius 3 is 2.10 bits per heavy atom. The van der Waals surface area contributed by atoms with Crippen LogP contribution in [0.25, 0.3) is 0 Å². The van der Waals surface area contributed by atoms with Crippen LogP contribution in [0, 0.1) is 19.8 Å². The summed E-state index contributed by atoms with van der Waals surface area (Å²) in [7, 11) is 1.88. The molecular weight excluding hydrogens is 391 g/mol. The van der Waals surface area contributed by atoms with Crippen molar-refractivity contribution in [3.63, 3.8) is 0 Å². The third-order valence-electron chi connectivity index (χ3n) is 4.97. The van der Waals surface area contributed by atoms with Crippen LogP contribution in [-0.2, 0) is 17.5 Å². The van der Waals surface area contributed by atoms with Crippen molar-refractivity contribution in [3.8, 4) is 0 Å². The molecule has 164 valence electrons. The molecule has 0 saturated heterocycles. The number of nitrogens with zero attached hydrogens (tertiary/aromatic N) is 1. The summed E-state index contributed by atoms with van der Waals surface area (Å²) in [6.45, 7) is 8.32. The number of alkyl halides is 3. The SMILES string of the molecule is Cc1cc(N(C)Cc2ccc(C(F)(F)F)cc2)cc(C)c1NC(=O)[C@@H](N)CC(C)C. The second-order valence-electron chi connectivity index (χ2n) is 8.23. The number of halogens is 3. The lowest BCUT2D eigenvalue weighted by molar-refractivity contribution is -0.137. The summed E-state index contributed by atoms with van der Waals surface area (Å²) in [5, 5.41) is 2.93. The van der Waals surface area contributed by atoms with Crippen molar-refractivity contribution in [2.24, 2.45) is 11.7 Å². The zero-order valence-corrected chi connectivity index (χ0v) is 18.1. The van der Waals surface area contributed by atoms with Gasteiger partial charge in [-0.3, -0.25) is 4.79 Å². The zero-order chi connectivity index (χ0) is 22.6. The molecule has 7 heteroatoms. The Labute approximate surface area is 176 Å². The molecule has 0 aliphatic carbocycles. The van der Waals surface area contributed by atoms with E-state index in [9.17, 15) is 18.0 Å². The number of anilines is 2. The minimum Gasteiger partial charge on any atom is -0.370 e. The van der Waals surface area contributed by atoms with Crippen LogP contribution in [0.1, 0.15) is 42.5 Å². The van der Waals surface area contributed by atoms with Crippen LogP contribution in [-0.4, -0.2) is 19.0 Å². The molecule has 0 heterocycles. The standard InChI is InChI=1S/C23H30F3N3O/c1-14(2)10-20(27)22(30)28-21-15(3)11-19(12-16(21)4)29(5)13-17-6-8-18(9-7-17)23(24,25)26/h6-9,11-12,14,20H,10,13,27H2,1-5H3,(H,28,30)/t20-/m0/s1. The molecule has 2 aromatic rings. The van der Waals surface area contributed by atoms with Gasteiger partial charge in [-0.25, -0.2) is 0 Å². The minimum atomic E-state index is -4.34. The largest absolute Gasteiger partial charge is 0.416 e. The smallest absolute Gasteiger partial charge is 0.370 e. The zero-order valence-electron chi connectivity index (χ0n) is 18.1. The molecule has 0 spiro atoms. The number of carbonyl (C=O) groups is 1. The van der Waals surface area contributed by atoms with Gasteiger partial charge in [0.2, 0.25) is 5.91 Å². The Bertz CT molecular complexity index is 853. The maximum Gasteiger partial charge on any atom is 0.416 e. The van der Waals surface area contributed by atoms with Gasteiger partial charge >= 0.3 is 6.18 Å². The van der Waals surface area contributed by atoms with E-state index in [1.54, 1.807) is 0 Å². The molecule has 1 atom stereocenters. The van der Waals surface area contributed by atoms with Gasteiger partial charge in [0, 0.05) is 25.0 Å². The van der Waals surface area contributed by atoms with E-state index >= 15 is 0 Å². The van der Waals surface area contributed by atoms with Crippen LogP contribution in [0.15, 0.2) is 36.4 Å². The maximum atomic E-state index is 12.7. The van der Waals surface area contributed by atoms with E-state index < -0.39 is 17.8 Å². The van der Waals surface area contributed by atoms with Gasteiger partial charge in [0.25, 0.3) is 0 Å². The van der Waals surface area contributed by atoms with Crippen molar-refractivity contribution in [1.29, 1.82) is 0 Å². The fourth-order valence-corrected chi connectivity index (χ4v) is 3.35. The topological polar surface area (TPSA) is 58.4 Å². The maximum absolute atomic E-state index is 12.7. The average Bonchev–Trinajstić information content (AvgIpc) is 2.63. The highest BCUT2D eigenvalue weighted by Crippen LogP contribution is 2.30. The fourth-order valence-electron chi connectivity index (χ4n) is 3.35. The molecule has 2 aromatic carbocycles. The second-order valence-corrected chi connectivity index (χ2v) is 8.23. The average molecular weight is 422 g/mol. The van der Waals surface area contributed by atoms with Crippen LogP contribution in [0.2, 0.25) is 0 Å². The number of aryl methyl sites for hydroxylation is 2. The summed E-state index contributed by atoms with van der Waals surface area (Å²) < 4.78 is 38.2. The molecule has 0 fully saturated rings. The lowest BCUT2D eigenvalue weighted by Crippen LogP contribution is -2.37. The van der Waals surface area contributed by atoms with Crippen LogP contribution in [0.4, 0.5) is 24.5 Å². The normalized spacial score (nSPS) is 12.7. The van der Waals surface area contributed by atoms with Crippen molar-refractivity contribution in [2.45, 2.75) is 52.9 Å². The number of nitrogens with two attached hydrogens (primary N) is 1. The van der Waals surface area contributed by atoms with Crippen molar-refractivity contribution in [3.05, 3.63) is 58.7 Å². The molecule has 0 unspecified atom stereocenters. The molecule has 2 rings (SSSR count). The molecule has 30 heavy (non-hydrogen) atoms. The Hall–Kier alpha value is -2.54. The van der Waals surface area contributed by atoms with Gasteiger partial charge in [-0.15, -0.1) is 0 Å². The van der Waals surface area contributed by atoms with E-state index in [1.165, 1.54) is 12.1 Å². The summed E-state index contributed by atoms with van der Waals surface area (Å²) in [4.78, 5) is 14.3. The molecule has 0 aliphatic heterocycles. The summed E-state index contributed by atoms with van der Waals surface area (Å²) >= 11 is 0. The highest BCUT2D eigenvalue weighted by molar-refractivity contribution is 5.96. The molecule has 4 nitrogen and oxygen atoms in total. The predicted octanol–water partition coefficient (Wildman–Crippen LogP) is 5.27. The fraction of sp³-hybridized carbons (Fsp3) is 0.435. The monoisotopic (exact) mass is 421 g/mol. The van der Waals surface area contributed by atoms with Gasteiger partial charge in [0.05, 0.1) is 11.6 Å². The highest BCUT2D eigenvalue weighted by atomic mass is 19.4. The molecule has 0 aromatic heterocycles. The number of amides is 1. The van der Waals surface area contributed by atoms with E-state index in [0.717, 1.165) is 40.2 Å². The van der Waals surface area contributed by atoms with E-state index in [1.807, 2.05) is 51.8 Å². The van der Waals surface area contributed by atoms with Crippen LogP contribution < -0.4 is 16.0 Å². The number of hydrogen-bond donors (Lipinski definition) is 2. The lowest BCUT2D eigenvalue weighted by atomic mass is 10.0. The molecule has 0 aliphatic rings. The number of hydrogen-bond acceptors (Lipinski definition) is 3. The quantitative estimate of drug-likeness (QED) is 0.640. The van der Waals surface area contributed by atoms with Crippen molar-refractivity contribution in [1.82, 2.24) is 0 Å². The Balaban J connectivity index is 2.13. The first kappa shape index (κ1) is 23.7. The highest BCUT2D eigenvalue weighted by Gasteiger charge is 2.30. The van der Waals surface area contributed by atoms with Crippen molar-refractivity contribution in [2.75, 3.05) is 17.3 Å². The Morgan fingerprint density at radius 2 is 1.63 bits per heavy atom. The van der Waals surface area contributed by atoms with Gasteiger partial charge in [-0.2, -0.15) is 13.2 Å². The summed E-state index contributed by atoms with van der Waals surface area (Å²) in [6.07, 6.45) is -3.73. The lowest BCUT2D eigenvalue weighted by Gasteiger charge is -2.23. The number of rotatable bonds is 7. The third-order valence-corrected chi connectivity index (χ3v) is 4.97. The van der Waals surface area contributed by atoms with Crippen LogP contribution in [0.5, 0.6) is 0 Å². The van der Waals surface area contributed by atoms with Crippen molar-refractivity contribution < 1.29 is 18.0 Å². The Kier molecular flexibility index (Phi) is 7.53. The number of nitrogens with one attached hydrogen (secondary N) is 1. The minimum absolute atomic E-state index is 0.208. The van der Waals surface area contributed by atoms with Gasteiger partial charge in [0.15, 0.2) is 0 Å². The first-order valence-corrected chi connectivity index (χ1v) is 9.93. The summed E-state index contributed by atoms with van der Waals surface area (Å²) in [5.41, 5.74) is 9.54. The van der Waals surface area contributed by atoms with E-state index in [4.69, 9.17) is 5.73 Å². The third kappa shape index (κ3) is 6.23. The van der Waals surface area contributed by atoms with E-state index in [-0.39, 0.29) is 5.91 Å². The molecule has 0 bridgehead atoms. The molecule has 0 saturated carbocycles. The van der Waals surface area contributed by atoms with Crippen LogP contribution >= 0.6 is 0 Å². The first-order valence-electron chi connectivity index (χ1n) is 9.93. The molecule has 1 amide bonds. The van der Waals surface area contributed by atoms with Crippen LogP contribution in [0.3, 0.4) is 0 Å².